The highest BCUT2D eigenvalue weighted by Crippen LogP contribution is 2.26. The maximum absolute atomic E-state index is 13.4. The van der Waals surface area contributed by atoms with Gasteiger partial charge in [0.1, 0.15) is 11.5 Å². The molecule has 0 aliphatic rings. The zero-order valence-electron chi connectivity index (χ0n) is 8.73. The zero-order chi connectivity index (χ0) is 13.3. The molecule has 1 amide bonds. The molecule has 18 heavy (non-hydrogen) atoms. The molecule has 0 radical (unpaired) electrons. The average Bonchev–Trinajstić information content (AvgIpc) is 2.70. The second-order valence-corrected chi connectivity index (χ2v) is 4.75. The smallest absolute Gasteiger partial charge is 0.272 e. The van der Waals surface area contributed by atoms with Gasteiger partial charge in [-0.15, -0.1) is 0 Å². The molecular weight excluding hydrogens is 329 g/mol. The molecule has 2 aromatic rings. The molecule has 94 valence electrons. The van der Waals surface area contributed by atoms with Gasteiger partial charge in [-0.1, -0.05) is 11.6 Å². The van der Waals surface area contributed by atoms with Crippen molar-refractivity contribution < 1.29 is 13.6 Å². The number of anilines is 1. The van der Waals surface area contributed by atoms with Crippen LogP contribution in [0, 0.1) is 11.6 Å². The summed E-state index contributed by atoms with van der Waals surface area (Å²) < 4.78 is 26.9. The van der Waals surface area contributed by atoms with E-state index < -0.39 is 17.5 Å². The van der Waals surface area contributed by atoms with Gasteiger partial charge < -0.3 is 10.3 Å². The van der Waals surface area contributed by atoms with Crippen LogP contribution in [0.5, 0.6) is 0 Å². The molecular formula is C11H6BrClF2N2O. The molecule has 0 fully saturated rings. The van der Waals surface area contributed by atoms with Crippen LogP contribution in [0.3, 0.4) is 0 Å². The van der Waals surface area contributed by atoms with Crippen LogP contribution in [0.2, 0.25) is 5.02 Å². The van der Waals surface area contributed by atoms with Crippen LogP contribution in [0.15, 0.2) is 28.9 Å². The minimum atomic E-state index is -0.932. The fraction of sp³-hybridized carbons (Fsp3) is 0. The molecule has 0 atom stereocenters. The maximum atomic E-state index is 13.4. The Labute approximate surface area is 114 Å². The number of rotatable bonds is 2. The first kappa shape index (κ1) is 13.0. The number of benzene rings is 1. The van der Waals surface area contributed by atoms with Crippen molar-refractivity contribution in [2.75, 3.05) is 5.32 Å². The highest BCUT2D eigenvalue weighted by Gasteiger charge is 2.15. The lowest BCUT2D eigenvalue weighted by Gasteiger charge is -2.07. The molecule has 3 nitrogen and oxygen atoms in total. The first-order valence-electron chi connectivity index (χ1n) is 4.77. The van der Waals surface area contributed by atoms with Crippen LogP contribution in [0.4, 0.5) is 14.5 Å². The van der Waals surface area contributed by atoms with E-state index in [0.717, 1.165) is 6.07 Å². The van der Waals surface area contributed by atoms with Crippen molar-refractivity contribution >= 4 is 39.1 Å². The zero-order valence-corrected chi connectivity index (χ0v) is 11.1. The Morgan fingerprint density at radius 2 is 2.06 bits per heavy atom. The Hall–Kier alpha value is -1.40. The average molecular weight is 336 g/mol. The van der Waals surface area contributed by atoms with E-state index in [1.54, 1.807) is 6.20 Å². The summed E-state index contributed by atoms with van der Waals surface area (Å²) in [6, 6.07) is 3.08. The molecule has 0 saturated heterocycles. The number of aromatic nitrogens is 1. The van der Waals surface area contributed by atoms with E-state index in [2.05, 4.69) is 26.2 Å². The van der Waals surface area contributed by atoms with Crippen molar-refractivity contribution in [3.8, 4) is 0 Å². The molecule has 0 aliphatic carbocycles. The van der Waals surface area contributed by atoms with Crippen LogP contribution in [0.1, 0.15) is 10.5 Å². The number of halogens is 4. The molecule has 0 aliphatic heterocycles. The van der Waals surface area contributed by atoms with Gasteiger partial charge in [0, 0.05) is 16.7 Å². The van der Waals surface area contributed by atoms with Gasteiger partial charge in [-0.25, -0.2) is 8.78 Å². The fourth-order valence-electron chi connectivity index (χ4n) is 1.34. The summed E-state index contributed by atoms with van der Waals surface area (Å²) in [6.45, 7) is 0. The summed E-state index contributed by atoms with van der Waals surface area (Å²) in [5.74, 6) is -2.31. The minimum absolute atomic E-state index is 0.202. The van der Waals surface area contributed by atoms with Gasteiger partial charge in [0.2, 0.25) is 0 Å². The number of carbonyl (C=O) groups excluding carboxylic acids is 1. The van der Waals surface area contributed by atoms with Crippen LogP contribution < -0.4 is 5.32 Å². The summed E-state index contributed by atoms with van der Waals surface area (Å²) in [6.07, 6.45) is 1.55. The van der Waals surface area contributed by atoms with Crippen molar-refractivity contribution in [3.05, 3.63) is 51.2 Å². The monoisotopic (exact) mass is 334 g/mol. The third-order valence-corrected chi connectivity index (χ3v) is 2.89. The van der Waals surface area contributed by atoms with E-state index in [1.165, 1.54) is 6.07 Å². The number of hydrogen-bond donors (Lipinski definition) is 2. The highest BCUT2D eigenvalue weighted by molar-refractivity contribution is 9.10. The van der Waals surface area contributed by atoms with Gasteiger partial charge in [0.15, 0.2) is 5.82 Å². The van der Waals surface area contributed by atoms with Crippen molar-refractivity contribution in [2.45, 2.75) is 0 Å². The van der Waals surface area contributed by atoms with E-state index in [-0.39, 0.29) is 16.4 Å². The van der Waals surface area contributed by atoms with Gasteiger partial charge in [0.25, 0.3) is 5.91 Å². The molecule has 1 heterocycles. The van der Waals surface area contributed by atoms with E-state index in [4.69, 9.17) is 11.6 Å². The summed E-state index contributed by atoms with van der Waals surface area (Å²) in [7, 11) is 0. The number of H-pyrrole nitrogens is 1. The minimum Gasteiger partial charge on any atom is -0.356 e. The van der Waals surface area contributed by atoms with Crippen molar-refractivity contribution in [1.82, 2.24) is 4.98 Å². The number of carbonyl (C=O) groups is 1. The molecule has 0 unspecified atom stereocenters. The fourth-order valence-corrected chi connectivity index (χ4v) is 1.93. The third kappa shape index (κ3) is 2.70. The Balaban J connectivity index is 2.27. The second kappa shape index (κ2) is 5.07. The number of hydrogen-bond acceptors (Lipinski definition) is 1. The quantitative estimate of drug-likeness (QED) is 0.857. The first-order chi connectivity index (χ1) is 8.47. The Morgan fingerprint density at radius 3 is 2.61 bits per heavy atom. The lowest BCUT2D eigenvalue weighted by Crippen LogP contribution is -2.13. The number of aromatic amines is 1. The van der Waals surface area contributed by atoms with E-state index in [1.807, 2.05) is 0 Å². The van der Waals surface area contributed by atoms with Gasteiger partial charge in [-0.2, -0.15) is 0 Å². The van der Waals surface area contributed by atoms with Crippen molar-refractivity contribution in [3.63, 3.8) is 0 Å². The van der Waals surface area contributed by atoms with E-state index >= 15 is 0 Å². The lowest BCUT2D eigenvalue weighted by molar-refractivity contribution is 0.102. The highest BCUT2D eigenvalue weighted by atomic mass is 79.9. The summed E-state index contributed by atoms with van der Waals surface area (Å²) in [4.78, 5) is 14.4. The van der Waals surface area contributed by atoms with Gasteiger partial charge >= 0.3 is 0 Å². The SMILES string of the molecule is O=C(Nc1c(F)cc(F)cc1Cl)c1cc(Br)c[nH]1. The first-order valence-corrected chi connectivity index (χ1v) is 5.94. The molecule has 2 rings (SSSR count). The molecule has 0 spiro atoms. The van der Waals surface area contributed by atoms with Gasteiger partial charge in [0.05, 0.1) is 10.7 Å². The normalized spacial score (nSPS) is 10.4. The Bertz CT molecular complexity index is 592. The topological polar surface area (TPSA) is 44.9 Å². The lowest BCUT2D eigenvalue weighted by atomic mass is 10.3. The number of amides is 1. The van der Waals surface area contributed by atoms with Crippen LogP contribution in [-0.2, 0) is 0 Å². The summed E-state index contributed by atoms with van der Waals surface area (Å²) >= 11 is 8.82. The van der Waals surface area contributed by atoms with Gasteiger partial charge in [-0.3, -0.25) is 4.79 Å². The van der Waals surface area contributed by atoms with Gasteiger partial charge in [-0.05, 0) is 28.1 Å². The van der Waals surface area contributed by atoms with Crippen molar-refractivity contribution in [1.29, 1.82) is 0 Å². The maximum Gasteiger partial charge on any atom is 0.272 e. The van der Waals surface area contributed by atoms with Crippen molar-refractivity contribution in [2.24, 2.45) is 0 Å². The summed E-state index contributed by atoms with van der Waals surface area (Å²) in [5.41, 5.74) is -0.0320. The number of nitrogens with one attached hydrogen (secondary N) is 2. The molecule has 1 aromatic heterocycles. The predicted molar refractivity (Wildman–Crippen MR) is 67.8 cm³/mol. The summed E-state index contributed by atoms with van der Waals surface area (Å²) in [5, 5.41) is 2.07. The van der Waals surface area contributed by atoms with Crippen LogP contribution in [-0.4, -0.2) is 10.9 Å². The standard InChI is InChI=1S/C11H6BrClF2N2O/c12-5-1-9(16-4-5)11(18)17-10-7(13)2-6(14)3-8(10)15/h1-4,16H,(H,17,18). The van der Waals surface area contributed by atoms with Crippen LogP contribution >= 0.6 is 27.5 Å². The molecule has 1 aromatic carbocycles. The molecule has 0 saturated carbocycles. The van der Waals surface area contributed by atoms with E-state index in [0.29, 0.717) is 10.5 Å². The Kier molecular flexibility index (Phi) is 3.68. The Morgan fingerprint density at radius 1 is 1.33 bits per heavy atom. The van der Waals surface area contributed by atoms with E-state index in [9.17, 15) is 13.6 Å². The molecule has 2 N–H and O–H groups in total. The predicted octanol–water partition coefficient (Wildman–Crippen LogP) is 3.96. The second-order valence-electron chi connectivity index (χ2n) is 3.43. The molecule has 0 bridgehead atoms. The largest absolute Gasteiger partial charge is 0.356 e. The third-order valence-electron chi connectivity index (χ3n) is 2.14. The van der Waals surface area contributed by atoms with Crippen LogP contribution in [0.25, 0.3) is 0 Å². The molecule has 7 heteroatoms.